The summed E-state index contributed by atoms with van der Waals surface area (Å²) in [4.78, 5) is 8.71. The Morgan fingerprint density at radius 3 is 3.06 bits per heavy atom. The van der Waals surface area contributed by atoms with Gasteiger partial charge in [0.2, 0.25) is 0 Å². The molecule has 1 unspecified atom stereocenters. The van der Waals surface area contributed by atoms with Crippen LogP contribution >= 0.6 is 0 Å². The van der Waals surface area contributed by atoms with Crippen LogP contribution in [0.2, 0.25) is 0 Å². The molecule has 0 bridgehead atoms. The fourth-order valence-corrected chi connectivity index (χ4v) is 2.12. The maximum absolute atomic E-state index is 6.19. The van der Waals surface area contributed by atoms with Crippen molar-refractivity contribution in [2.45, 2.75) is 32.4 Å². The van der Waals surface area contributed by atoms with E-state index in [1.165, 1.54) is 0 Å². The maximum Gasteiger partial charge on any atom is 0.127 e. The Morgan fingerprint density at radius 2 is 2.33 bits per heavy atom. The van der Waals surface area contributed by atoms with Crippen LogP contribution < -0.4 is 5.73 Å². The number of methoxy groups -OCH3 is 1. The first kappa shape index (κ1) is 13.0. The molecule has 0 aromatic carbocycles. The second-order valence-electron chi connectivity index (χ2n) is 4.37. The highest BCUT2D eigenvalue weighted by Gasteiger charge is 2.16. The molecule has 18 heavy (non-hydrogen) atoms. The SMILES string of the molecule is CCCn1c(C(N)CCOC)nc2cnccc21. The first-order chi connectivity index (χ1) is 8.77. The predicted octanol–water partition coefficient (Wildman–Crippen LogP) is 1.88. The molecule has 2 aromatic heterocycles. The molecule has 0 fully saturated rings. The molecule has 2 aromatic rings. The summed E-state index contributed by atoms with van der Waals surface area (Å²) in [6.45, 7) is 3.72. The van der Waals surface area contributed by atoms with Gasteiger partial charge in [-0.05, 0) is 18.9 Å². The van der Waals surface area contributed by atoms with Gasteiger partial charge in [0.25, 0.3) is 0 Å². The van der Waals surface area contributed by atoms with Crippen LogP contribution in [0.3, 0.4) is 0 Å². The van der Waals surface area contributed by atoms with Crippen LogP contribution in [-0.4, -0.2) is 28.3 Å². The molecule has 98 valence electrons. The van der Waals surface area contributed by atoms with Crippen LogP contribution in [0.1, 0.15) is 31.6 Å². The van der Waals surface area contributed by atoms with E-state index in [9.17, 15) is 0 Å². The third-order valence-electron chi connectivity index (χ3n) is 2.99. The number of fused-ring (bicyclic) bond motifs is 1. The van der Waals surface area contributed by atoms with E-state index in [0.717, 1.165) is 36.2 Å². The lowest BCUT2D eigenvalue weighted by Crippen LogP contribution is -2.18. The van der Waals surface area contributed by atoms with Crippen molar-refractivity contribution in [3.05, 3.63) is 24.3 Å². The lowest BCUT2D eigenvalue weighted by atomic mass is 10.2. The number of rotatable bonds is 6. The van der Waals surface area contributed by atoms with E-state index in [1.807, 2.05) is 6.07 Å². The van der Waals surface area contributed by atoms with E-state index in [-0.39, 0.29) is 6.04 Å². The molecule has 1 atom stereocenters. The highest BCUT2D eigenvalue weighted by molar-refractivity contribution is 5.74. The van der Waals surface area contributed by atoms with Gasteiger partial charge in [-0.15, -0.1) is 0 Å². The van der Waals surface area contributed by atoms with Gasteiger partial charge in [-0.1, -0.05) is 6.92 Å². The predicted molar refractivity (Wildman–Crippen MR) is 71.2 cm³/mol. The number of ether oxygens (including phenoxy) is 1. The summed E-state index contributed by atoms with van der Waals surface area (Å²) in [6, 6.07) is 1.90. The quantitative estimate of drug-likeness (QED) is 0.847. The van der Waals surface area contributed by atoms with Crippen LogP contribution in [0, 0.1) is 0 Å². The van der Waals surface area contributed by atoms with Gasteiger partial charge in [0.1, 0.15) is 11.3 Å². The van der Waals surface area contributed by atoms with Crippen LogP contribution in [0.5, 0.6) is 0 Å². The largest absolute Gasteiger partial charge is 0.385 e. The molecule has 0 saturated carbocycles. The average molecular weight is 248 g/mol. The van der Waals surface area contributed by atoms with Crippen molar-refractivity contribution in [3.63, 3.8) is 0 Å². The molecule has 0 saturated heterocycles. The van der Waals surface area contributed by atoms with E-state index < -0.39 is 0 Å². The number of nitrogens with two attached hydrogens (primary N) is 1. The molecular formula is C13H20N4O. The normalized spacial score (nSPS) is 13.1. The zero-order valence-corrected chi connectivity index (χ0v) is 11.0. The summed E-state index contributed by atoms with van der Waals surface area (Å²) in [5, 5.41) is 0. The van der Waals surface area contributed by atoms with Crippen LogP contribution in [-0.2, 0) is 11.3 Å². The van der Waals surface area contributed by atoms with Crippen molar-refractivity contribution in [2.24, 2.45) is 5.73 Å². The molecular weight excluding hydrogens is 228 g/mol. The van der Waals surface area contributed by atoms with E-state index in [4.69, 9.17) is 10.5 Å². The number of pyridine rings is 1. The minimum absolute atomic E-state index is 0.0936. The Labute approximate surface area is 107 Å². The zero-order chi connectivity index (χ0) is 13.0. The zero-order valence-electron chi connectivity index (χ0n) is 11.0. The number of aromatic nitrogens is 3. The molecule has 2 N–H and O–H groups in total. The van der Waals surface area contributed by atoms with Crippen molar-refractivity contribution in [1.82, 2.24) is 14.5 Å². The summed E-state index contributed by atoms with van der Waals surface area (Å²) in [6.07, 6.45) is 5.41. The number of imidazole rings is 1. The molecule has 0 aliphatic rings. The van der Waals surface area contributed by atoms with Crippen molar-refractivity contribution in [1.29, 1.82) is 0 Å². The number of hydrogen-bond donors (Lipinski definition) is 1. The van der Waals surface area contributed by atoms with E-state index in [0.29, 0.717) is 6.61 Å². The fraction of sp³-hybridized carbons (Fsp3) is 0.538. The third-order valence-corrected chi connectivity index (χ3v) is 2.99. The Balaban J connectivity index is 2.38. The molecule has 0 spiro atoms. The average Bonchev–Trinajstić information content (AvgIpc) is 2.76. The Bertz CT molecular complexity index is 509. The summed E-state index contributed by atoms with van der Waals surface area (Å²) in [7, 11) is 1.69. The van der Waals surface area contributed by atoms with Crippen molar-refractivity contribution in [2.75, 3.05) is 13.7 Å². The molecule has 0 radical (unpaired) electrons. The second-order valence-corrected chi connectivity index (χ2v) is 4.37. The molecule has 2 rings (SSSR count). The summed E-state index contributed by atoms with van der Waals surface area (Å²) in [5.74, 6) is 0.928. The Hall–Kier alpha value is -1.46. The lowest BCUT2D eigenvalue weighted by molar-refractivity contribution is 0.186. The topological polar surface area (TPSA) is 66.0 Å². The minimum Gasteiger partial charge on any atom is -0.385 e. The molecule has 5 nitrogen and oxygen atoms in total. The highest BCUT2D eigenvalue weighted by Crippen LogP contribution is 2.21. The van der Waals surface area contributed by atoms with Crippen molar-refractivity contribution >= 4 is 11.0 Å². The maximum atomic E-state index is 6.19. The Kier molecular flexibility index (Phi) is 4.28. The van der Waals surface area contributed by atoms with Crippen molar-refractivity contribution in [3.8, 4) is 0 Å². The van der Waals surface area contributed by atoms with Gasteiger partial charge in [-0.3, -0.25) is 4.98 Å². The van der Waals surface area contributed by atoms with Gasteiger partial charge in [0, 0.05) is 26.5 Å². The van der Waals surface area contributed by atoms with Crippen LogP contribution in [0.25, 0.3) is 11.0 Å². The highest BCUT2D eigenvalue weighted by atomic mass is 16.5. The number of aryl methyl sites for hydroxylation is 1. The smallest absolute Gasteiger partial charge is 0.127 e. The van der Waals surface area contributed by atoms with Crippen molar-refractivity contribution < 1.29 is 4.74 Å². The van der Waals surface area contributed by atoms with Crippen LogP contribution in [0.15, 0.2) is 18.5 Å². The Morgan fingerprint density at radius 1 is 1.50 bits per heavy atom. The molecule has 0 aliphatic carbocycles. The van der Waals surface area contributed by atoms with Gasteiger partial charge in [0.05, 0.1) is 17.8 Å². The molecule has 0 amide bonds. The molecule has 0 aliphatic heterocycles. The number of hydrogen-bond acceptors (Lipinski definition) is 4. The van der Waals surface area contributed by atoms with Gasteiger partial charge in [-0.2, -0.15) is 0 Å². The van der Waals surface area contributed by atoms with E-state index >= 15 is 0 Å². The van der Waals surface area contributed by atoms with E-state index in [2.05, 4.69) is 21.5 Å². The second kappa shape index (κ2) is 5.93. The summed E-state index contributed by atoms with van der Waals surface area (Å²) < 4.78 is 7.27. The standard InChI is InChI=1S/C13H20N4O/c1-3-7-17-12-4-6-15-9-11(12)16-13(17)10(14)5-8-18-2/h4,6,9-10H,3,5,7-8,14H2,1-2H3. The first-order valence-electron chi connectivity index (χ1n) is 6.32. The monoisotopic (exact) mass is 248 g/mol. The van der Waals surface area contributed by atoms with Gasteiger partial charge < -0.3 is 15.0 Å². The minimum atomic E-state index is -0.0936. The van der Waals surface area contributed by atoms with Gasteiger partial charge in [-0.25, -0.2) is 4.98 Å². The summed E-state index contributed by atoms with van der Waals surface area (Å²) >= 11 is 0. The first-order valence-corrected chi connectivity index (χ1v) is 6.32. The van der Waals surface area contributed by atoms with Gasteiger partial charge in [0.15, 0.2) is 0 Å². The number of nitrogens with zero attached hydrogens (tertiary/aromatic N) is 3. The summed E-state index contributed by atoms with van der Waals surface area (Å²) in [5.41, 5.74) is 8.21. The third kappa shape index (κ3) is 2.52. The fourth-order valence-electron chi connectivity index (χ4n) is 2.12. The molecule has 2 heterocycles. The van der Waals surface area contributed by atoms with Crippen LogP contribution in [0.4, 0.5) is 0 Å². The van der Waals surface area contributed by atoms with E-state index in [1.54, 1.807) is 19.5 Å². The lowest BCUT2D eigenvalue weighted by Gasteiger charge is -2.13. The molecule has 5 heteroatoms. The van der Waals surface area contributed by atoms with Gasteiger partial charge >= 0.3 is 0 Å².